The summed E-state index contributed by atoms with van der Waals surface area (Å²) in [5.41, 5.74) is 8.65. The Morgan fingerprint density at radius 3 is 2.87 bits per heavy atom. The van der Waals surface area contributed by atoms with E-state index in [0.29, 0.717) is 40.3 Å². The number of benzene rings is 1. The first-order valence-corrected chi connectivity index (χ1v) is 10.6. The first-order chi connectivity index (χ1) is 14.6. The van der Waals surface area contributed by atoms with Crippen LogP contribution in [-0.4, -0.2) is 39.1 Å². The summed E-state index contributed by atoms with van der Waals surface area (Å²) in [6.45, 7) is 3.84. The number of hydrogen-bond acceptors (Lipinski definition) is 6. The molecule has 7 nitrogen and oxygen atoms in total. The van der Waals surface area contributed by atoms with Gasteiger partial charge in [0, 0.05) is 42.5 Å². The fourth-order valence-electron chi connectivity index (χ4n) is 4.55. The van der Waals surface area contributed by atoms with Gasteiger partial charge in [0.2, 0.25) is 0 Å². The van der Waals surface area contributed by atoms with E-state index in [1.807, 2.05) is 30.3 Å². The molecule has 8 heteroatoms. The minimum Gasteiger partial charge on any atom is -0.424 e. The van der Waals surface area contributed by atoms with Crippen LogP contribution in [0.15, 0.2) is 36.5 Å². The quantitative estimate of drug-likeness (QED) is 0.520. The maximum Gasteiger partial charge on any atom is 0.325 e. The van der Waals surface area contributed by atoms with Gasteiger partial charge in [0.05, 0.1) is 15.9 Å². The van der Waals surface area contributed by atoms with Gasteiger partial charge in [-0.15, -0.1) is 0 Å². The molecule has 2 atom stereocenters. The molecule has 0 amide bonds. The van der Waals surface area contributed by atoms with Crippen LogP contribution in [0.25, 0.3) is 21.9 Å². The highest BCUT2D eigenvalue weighted by Crippen LogP contribution is 2.47. The lowest BCUT2D eigenvalue weighted by molar-refractivity contribution is 0.444. The van der Waals surface area contributed by atoms with Crippen molar-refractivity contribution in [3.05, 3.63) is 47.2 Å². The molecule has 3 aromatic heterocycles. The topological polar surface area (TPSA) is 92.9 Å². The Morgan fingerprint density at radius 1 is 1.23 bits per heavy atom. The fraction of sp³-hybridized carbons (Fsp3) is 0.318. The third kappa shape index (κ3) is 2.73. The van der Waals surface area contributed by atoms with Crippen LogP contribution in [-0.2, 0) is 6.42 Å². The SMILES string of the molecule is CCc1[nH]c2nc(Oc3ccc4cccnc4c3)nc(N3CC4C(N)C4C3)c2c1Cl. The number of halogens is 1. The van der Waals surface area contributed by atoms with E-state index in [0.717, 1.165) is 47.3 Å². The number of aryl methyl sites for hydroxylation is 1. The number of H-pyrrole nitrogens is 1. The number of anilines is 1. The van der Waals surface area contributed by atoms with Crippen LogP contribution < -0.4 is 15.4 Å². The molecule has 2 fully saturated rings. The number of hydrogen-bond donors (Lipinski definition) is 2. The summed E-state index contributed by atoms with van der Waals surface area (Å²) in [5.74, 6) is 2.53. The van der Waals surface area contributed by atoms with Gasteiger partial charge in [-0.2, -0.15) is 9.97 Å². The molecule has 1 aliphatic carbocycles. The van der Waals surface area contributed by atoms with Gasteiger partial charge in [-0.05, 0) is 36.5 Å². The predicted octanol–water partition coefficient (Wildman–Crippen LogP) is 3.91. The molecule has 6 rings (SSSR count). The summed E-state index contributed by atoms with van der Waals surface area (Å²) >= 11 is 6.68. The van der Waals surface area contributed by atoms with Crippen LogP contribution in [0.2, 0.25) is 5.02 Å². The molecule has 1 saturated carbocycles. The smallest absolute Gasteiger partial charge is 0.325 e. The molecule has 30 heavy (non-hydrogen) atoms. The zero-order chi connectivity index (χ0) is 20.4. The predicted molar refractivity (Wildman–Crippen MR) is 117 cm³/mol. The molecule has 0 bridgehead atoms. The van der Waals surface area contributed by atoms with Crippen molar-refractivity contribution in [2.24, 2.45) is 17.6 Å². The van der Waals surface area contributed by atoms with Crippen LogP contribution in [0.1, 0.15) is 12.6 Å². The fourth-order valence-corrected chi connectivity index (χ4v) is 4.90. The molecule has 1 aromatic carbocycles. The maximum atomic E-state index is 6.68. The van der Waals surface area contributed by atoms with Crippen molar-refractivity contribution in [3.63, 3.8) is 0 Å². The Labute approximate surface area is 178 Å². The molecule has 2 unspecified atom stereocenters. The van der Waals surface area contributed by atoms with Crippen LogP contribution in [0.4, 0.5) is 5.82 Å². The summed E-state index contributed by atoms with van der Waals surface area (Å²) in [5, 5.41) is 2.60. The van der Waals surface area contributed by atoms with E-state index in [1.54, 1.807) is 6.20 Å². The number of pyridine rings is 1. The van der Waals surface area contributed by atoms with Gasteiger partial charge >= 0.3 is 6.01 Å². The Hall–Kier alpha value is -2.90. The molecule has 2 aliphatic rings. The number of aromatic amines is 1. The van der Waals surface area contributed by atoms with Crippen LogP contribution in [0.5, 0.6) is 11.8 Å². The molecular weight excluding hydrogens is 400 g/mol. The van der Waals surface area contributed by atoms with Crippen molar-refractivity contribution in [2.45, 2.75) is 19.4 Å². The number of nitrogens with two attached hydrogens (primary N) is 1. The van der Waals surface area contributed by atoms with Gasteiger partial charge in [0.25, 0.3) is 0 Å². The number of aromatic nitrogens is 4. The lowest BCUT2D eigenvalue weighted by Gasteiger charge is -2.21. The van der Waals surface area contributed by atoms with Gasteiger partial charge in [-0.3, -0.25) is 4.98 Å². The molecule has 1 aliphatic heterocycles. The molecule has 3 N–H and O–H groups in total. The number of piperidine rings is 1. The second-order valence-electron chi connectivity index (χ2n) is 8.09. The van der Waals surface area contributed by atoms with Crippen molar-refractivity contribution in [1.82, 2.24) is 19.9 Å². The van der Waals surface area contributed by atoms with E-state index < -0.39 is 0 Å². The normalized spacial score (nSPS) is 22.6. The van der Waals surface area contributed by atoms with Gasteiger partial charge in [0.15, 0.2) is 0 Å². The first-order valence-electron chi connectivity index (χ1n) is 10.2. The van der Waals surface area contributed by atoms with E-state index in [4.69, 9.17) is 27.1 Å². The largest absolute Gasteiger partial charge is 0.424 e. The highest BCUT2D eigenvalue weighted by atomic mass is 35.5. The summed E-state index contributed by atoms with van der Waals surface area (Å²) in [6, 6.07) is 10.3. The maximum absolute atomic E-state index is 6.68. The number of fused-ring (bicyclic) bond motifs is 3. The Morgan fingerprint density at radius 2 is 2.07 bits per heavy atom. The standard InChI is InChI=1S/C22H21ClN6O/c1-2-15-18(23)17-20(26-15)27-22(28-21(17)29-9-13-14(10-29)19(13)24)30-12-6-5-11-4-3-7-25-16(11)8-12/h3-8,13-14,19H,2,9-10,24H2,1H3,(H,26,27,28). The van der Waals surface area contributed by atoms with Crippen LogP contribution >= 0.6 is 11.6 Å². The van der Waals surface area contributed by atoms with E-state index in [2.05, 4.69) is 26.8 Å². The van der Waals surface area contributed by atoms with Crippen molar-refractivity contribution < 1.29 is 4.74 Å². The number of nitrogens with one attached hydrogen (secondary N) is 1. The summed E-state index contributed by atoms with van der Waals surface area (Å²) in [6.07, 6.45) is 2.56. The van der Waals surface area contributed by atoms with Crippen molar-refractivity contribution >= 4 is 39.4 Å². The summed E-state index contributed by atoms with van der Waals surface area (Å²) < 4.78 is 6.06. The van der Waals surface area contributed by atoms with Crippen molar-refractivity contribution in [3.8, 4) is 11.8 Å². The third-order valence-electron chi connectivity index (χ3n) is 6.32. The van der Waals surface area contributed by atoms with Crippen LogP contribution in [0, 0.1) is 11.8 Å². The molecule has 1 saturated heterocycles. The van der Waals surface area contributed by atoms with Gasteiger partial charge in [-0.1, -0.05) is 24.6 Å². The third-order valence-corrected chi connectivity index (χ3v) is 6.74. The van der Waals surface area contributed by atoms with Gasteiger partial charge in [-0.25, -0.2) is 0 Å². The second-order valence-corrected chi connectivity index (χ2v) is 8.47. The minimum absolute atomic E-state index is 0.290. The van der Waals surface area contributed by atoms with Gasteiger partial charge in [0.1, 0.15) is 17.2 Å². The number of rotatable bonds is 4. The molecule has 0 spiro atoms. The van der Waals surface area contributed by atoms with Crippen molar-refractivity contribution in [2.75, 3.05) is 18.0 Å². The Kier molecular flexibility index (Phi) is 3.91. The average molecular weight is 421 g/mol. The lowest BCUT2D eigenvalue weighted by atomic mass is 10.2. The number of nitrogens with zero attached hydrogens (tertiary/aromatic N) is 4. The monoisotopic (exact) mass is 420 g/mol. The zero-order valence-electron chi connectivity index (χ0n) is 16.5. The van der Waals surface area contributed by atoms with E-state index >= 15 is 0 Å². The molecule has 0 radical (unpaired) electrons. The van der Waals surface area contributed by atoms with E-state index in [1.165, 1.54) is 0 Å². The summed E-state index contributed by atoms with van der Waals surface area (Å²) in [4.78, 5) is 19.4. The van der Waals surface area contributed by atoms with Crippen molar-refractivity contribution in [1.29, 1.82) is 0 Å². The average Bonchev–Trinajstić information content (AvgIpc) is 3.10. The molecular formula is C22H21ClN6O. The van der Waals surface area contributed by atoms with Gasteiger partial charge < -0.3 is 20.4 Å². The highest BCUT2D eigenvalue weighted by Gasteiger charge is 2.54. The highest BCUT2D eigenvalue weighted by molar-refractivity contribution is 6.37. The molecule has 4 heterocycles. The lowest BCUT2D eigenvalue weighted by Crippen LogP contribution is -2.29. The zero-order valence-corrected chi connectivity index (χ0v) is 17.2. The minimum atomic E-state index is 0.290. The first kappa shape index (κ1) is 17.9. The van der Waals surface area contributed by atoms with Crippen LogP contribution in [0.3, 0.4) is 0 Å². The summed E-state index contributed by atoms with van der Waals surface area (Å²) in [7, 11) is 0. The molecule has 152 valence electrons. The number of ether oxygens (including phenoxy) is 1. The molecule has 4 aromatic rings. The van der Waals surface area contributed by atoms with E-state index in [-0.39, 0.29) is 0 Å². The Bertz CT molecular complexity index is 1280. The second kappa shape index (κ2) is 6.55. The van der Waals surface area contributed by atoms with E-state index in [9.17, 15) is 0 Å². The Balaban J connectivity index is 1.42.